The van der Waals surface area contributed by atoms with Gasteiger partial charge in [0.05, 0.1) is 11.6 Å². The van der Waals surface area contributed by atoms with Crippen LogP contribution in [0.3, 0.4) is 0 Å². The predicted molar refractivity (Wildman–Crippen MR) is 70.4 cm³/mol. The highest BCUT2D eigenvalue weighted by Gasteiger charge is 2.04. The smallest absolute Gasteiger partial charge is 0.173 e. The summed E-state index contributed by atoms with van der Waals surface area (Å²) < 4.78 is 6.00. The van der Waals surface area contributed by atoms with Gasteiger partial charge in [0.25, 0.3) is 0 Å². The van der Waals surface area contributed by atoms with Gasteiger partial charge in [0.1, 0.15) is 5.75 Å². The van der Waals surface area contributed by atoms with E-state index in [0.29, 0.717) is 11.6 Å². The van der Waals surface area contributed by atoms with Gasteiger partial charge < -0.3 is 15.8 Å². The molecule has 1 aromatic heterocycles. The summed E-state index contributed by atoms with van der Waals surface area (Å²) in [6, 6.07) is 5.60. The molecule has 5 nitrogen and oxygen atoms in total. The molecule has 0 spiro atoms. The molecule has 2 aromatic rings. The van der Waals surface area contributed by atoms with E-state index in [1.807, 2.05) is 18.2 Å². The van der Waals surface area contributed by atoms with E-state index in [1.54, 1.807) is 19.5 Å². The first-order valence-corrected chi connectivity index (χ1v) is 5.67. The van der Waals surface area contributed by atoms with Crippen LogP contribution in [0.25, 0.3) is 0 Å². The highest BCUT2D eigenvalue weighted by molar-refractivity contribution is 9.10. The molecule has 0 atom stereocenters. The van der Waals surface area contributed by atoms with Crippen molar-refractivity contribution >= 4 is 33.3 Å². The number of rotatable bonds is 3. The Hall–Kier alpha value is -1.82. The van der Waals surface area contributed by atoms with Crippen LogP contribution in [0.15, 0.2) is 35.1 Å². The van der Waals surface area contributed by atoms with E-state index in [2.05, 4.69) is 31.2 Å². The number of benzene rings is 1. The Kier molecular flexibility index (Phi) is 3.43. The van der Waals surface area contributed by atoms with Crippen molar-refractivity contribution in [3.8, 4) is 5.75 Å². The highest BCUT2D eigenvalue weighted by atomic mass is 79.9. The molecule has 0 unspecified atom stereocenters. The minimum absolute atomic E-state index is 0.361. The second kappa shape index (κ2) is 5.01. The molecule has 1 heterocycles. The van der Waals surface area contributed by atoms with Crippen LogP contribution >= 0.6 is 15.9 Å². The summed E-state index contributed by atoms with van der Waals surface area (Å²) >= 11 is 3.41. The lowest BCUT2D eigenvalue weighted by Crippen LogP contribution is -2.00. The van der Waals surface area contributed by atoms with Crippen LogP contribution in [-0.4, -0.2) is 17.1 Å². The van der Waals surface area contributed by atoms with Crippen molar-refractivity contribution < 1.29 is 4.74 Å². The van der Waals surface area contributed by atoms with Gasteiger partial charge in [0.2, 0.25) is 0 Å². The zero-order valence-electron chi connectivity index (χ0n) is 9.14. The minimum Gasteiger partial charge on any atom is -0.496 e. The molecule has 0 fully saturated rings. The van der Waals surface area contributed by atoms with Crippen LogP contribution in [0.4, 0.5) is 17.3 Å². The number of hydrogen-bond donors (Lipinski definition) is 2. The molecular formula is C11H11BrN4O. The van der Waals surface area contributed by atoms with Gasteiger partial charge in [-0.15, -0.1) is 0 Å². The molecular weight excluding hydrogens is 284 g/mol. The minimum atomic E-state index is 0.361. The second-order valence-electron chi connectivity index (χ2n) is 3.26. The van der Waals surface area contributed by atoms with Crippen molar-refractivity contribution in [3.05, 3.63) is 35.1 Å². The maximum absolute atomic E-state index is 5.69. The molecule has 0 bridgehead atoms. The lowest BCUT2D eigenvalue weighted by molar-refractivity contribution is 0.412. The van der Waals surface area contributed by atoms with Crippen LogP contribution in [0, 0.1) is 0 Å². The van der Waals surface area contributed by atoms with Gasteiger partial charge in [0, 0.05) is 18.1 Å². The predicted octanol–water partition coefficient (Wildman–Crippen LogP) is 2.57. The summed E-state index contributed by atoms with van der Waals surface area (Å²) in [4.78, 5) is 8.05. The Morgan fingerprint density at radius 1 is 1.29 bits per heavy atom. The molecule has 6 heteroatoms. The van der Waals surface area contributed by atoms with E-state index < -0.39 is 0 Å². The van der Waals surface area contributed by atoms with Gasteiger partial charge in [-0.25, -0.2) is 9.97 Å². The number of nitrogen functional groups attached to an aromatic ring is 1. The first-order valence-electron chi connectivity index (χ1n) is 4.88. The van der Waals surface area contributed by atoms with Crippen molar-refractivity contribution in [3.63, 3.8) is 0 Å². The summed E-state index contributed by atoms with van der Waals surface area (Å²) in [5.74, 6) is 1.66. The fraction of sp³-hybridized carbons (Fsp3) is 0.0909. The Morgan fingerprint density at radius 3 is 2.71 bits per heavy atom. The zero-order valence-corrected chi connectivity index (χ0v) is 10.7. The first kappa shape index (κ1) is 11.7. The molecule has 0 saturated heterocycles. The topological polar surface area (TPSA) is 73.1 Å². The van der Waals surface area contributed by atoms with E-state index in [0.717, 1.165) is 15.9 Å². The lowest BCUT2D eigenvalue weighted by Gasteiger charge is -2.09. The molecule has 0 radical (unpaired) electrons. The maximum Gasteiger partial charge on any atom is 0.173 e. The average molecular weight is 295 g/mol. The number of halogens is 1. The van der Waals surface area contributed by atoms with Crippen molar-refractivity contribution in [2.75, 3.05) is 18.2 Å². The normalized spacial score (nSPS) is 10.0. The standard InChI is InChI=1S/C11H11BrN4O/c1-17-9-3-2-7(6-8(9)12)16-11-10(13)14-4-5-15-11/h2-6H,1H3,(H2,13,14)(H,15,16). The van der Waals surface area contributed by atoms with Gasteiger partial charge in [-0.2, -0.15) is 0 Å². The highest BCUT2D eigenvalue weighted by Crippen LogP contribution is 2.29. The number of ether oxygens (including phenoxy) is 1. The number of nitrogens with zero attached hydrogens (tertiary/aromatic N) is 2. The zero-order chi connectivity index (χ0) is 12.3. The average Bonchev–Trinajstić information content (AvgIpc) is 2.32. The Bertz CT molecular complexity index is 533. The SMILES string of the molecule is COc1ccc(Nc2nccnc2N)cc1Br. The van der Waals surface area contributed by atoms with Crippen LogP contribution in [0.5, 0.6) is 5.75 Å². The fourth-order valence-corrected chi connectivity index (χ4v) is 1.87. The van der Waals surface area contributed by atoms with E-state index in [-0.39, 0.29) is 0 Å². The third-order valence-electron chi connectivity index (χ3n) is 2.14. The molecule has 3 N–H and O–H groups in total. The van der Waals surface area contributed by atoms with E-state index in [9.17, 15) is 0 Å². The maximum atomic E-state index is 5.69. The van der Waals surface area contributed by atoms with Gasteiger partial charge in [-0.3, -0.25) is 0 Å². The van der Waals surface area contributed by atoms with Crippen LogP contribution in [-0.2, 0) is 0 Å². The van der Waals surface area contributed by atoms with Crippen LogP contribution in [0.2, 0.25) is 0 Å². The largest absolute Gasteiger partial charge is 0.496 e. The van der Waals surface area contributed by atoms with E-state index in [4.69, 9.17) is 10.5 Å². The Balaban J connectivity index is 2.25. The van der Waals surface area contributed by atoms with Gasteiger partial charge in [0.15, 0.2) is 11.6 Å². The number of methoxy groups -OCH3 is 1. The summed E-state index contributed by atoms with van der Waals surface area (Å²) in [5.41, 5.74) is 6.54. The number of aromatic nitrogens is 2. The molecule has 17 heavy (non-hydrogen) atoms. The Morgan fingerprint density at radius 2 is 2.06 bits per heavy atom. The molecule has 88 valence electrons. The number of hydrogen-bond acceptors (Lipinski definition) is 5. The number of nitrogens with two attached hydrogens (primary N) is 1. The van der Waals surface area contributed by atoms with Crippen LogP contribution < -0.4 is 15.8 Å². The molecule has 1 aromatic carbocycles. The third-order valence-corrected chi connectivity index (χ3v) is 2.76. The summed E-state index contributed by atoms with van der Waals surface area (Å²) in [5, 5.41) is 3.08. The van der Waals surface area contributed by atoms with Crippen molar-refractivity contribution in [1.29, 1.82) is 0 Å². The molecule has 2 rings (SSSR count). The summed E-state index contributed by atoms with van der Waals surface area (Å²) in [7, 11) is 1.62. The quantitative estimate of drug-likeness (QED) is 0.910. The van der Waals surface area contributed by atoms with E-state index in [1.165, 1.54) is 0 Å². The molecule has 0 aliphatic heterocycles. The Labute approximate surface area is 107 Å². The van der Waals surface area contributed by atoms with Gasteiger partial charge in [-0.05, 0) is 34.1 Å². The lowest BCUT2D eigenvalue weighted by atomic mass is 10.3. The number of anilines is 3. The third kappa shape index (κ3) is 2.65. The summed E-state index contributed by atoms with van der Waals surface area (Å²) in [6.07, 6.45) is 3.13. The van der Waals surface area contributed by atoms with Crippen molar-refractivity contribution in [2.24, 2.45) is 0 Å². The molecule has 0 amide bonds. The van der Waals surface area contributed by atoms with Gasteiger partial charge in [-0.1, -0.05) is 0 Å². The summed E-state index contributed by atoms with van der Waals surface area (Å²) in [6.45, 7) is 0. The number of nitrogens with one attached hydrogen (secondary N) is 1. The van der Waals surface area contributed by atoms with Crippen molar-refractivity contribution in [1.82, 2.24) is 9.97 Å². The molecule has 0 aliphatic rings. The van der Waals surface area contributed by atoms with Crippen molar-refractivity contribution in [2.45, 2.75) is 0 Å². The first-order chi connectivity index (χ1) is 8.20. The fourth-order valence-electron chi connectivity index (χ4n) is 1.33. The molecule has 0 aliphatic carbocycles. The molecule has 0 saturated carbocycles. The second-order valence-corrected chi connectivity index (χ2v) is 4.12. The van der Waals surface area contributed by atoms with Gasteiger partial charge >= 0.3 is 0 Å². The van der Waals surface area contributed by atoms with E-state index >= 15 is 0 Å². The monoisotopic (exact) mass is 294 g/mol. The van der Waals surface area contributed by atoms with Crippen LogP contribution in [0.1, 0.15) is 0 Å².